The van der Waals surface area contributed by atoms with Crippen LogP contribution in [0.4, 0.5) is 0 Å². The molecule has 1 aliphatic carbocycles. The fourth-order valence-electron chi connectivity index (χ4n) is 3.76. The highest BCUT2D eigenvalue weighted by Gasteiger charge is 2.33. The first-order valence-corrected chi connectivity index (χ1v) is 7.81. The minimum absolute atomic E-state index is 0.399. The highest BCUT2D eigenvalue weighted by molar-refractivity contribution is 4.91. The standard InChI is InChI=1S/C15H31N3/c1-4-18-9-7-13(8-10-18)17(3)15-11-12(2)5-6-14(15)16/h12-15H,4-11,16H2,1-3H3. The van der Waals surface area contributed by atoms with Crippen molar-refractivity contribution in [1.82, 2.24) is 9.80 Å². The Morgan fingerprint density at radius 1 is 1.17 bits per heavy atom. The molecule has 0 aromatic rings. The molecule has 2 N–H and O–H groups in total. The number of nitrogens with two attached hydrogens (primary N) is 1. The van der Waals surface area contributed by atoms with Gasteiger partial charge in [0.05, 0.1) is 0 Å². The van der Waals surface area contributed by atoms with E-state index in [1.807, 2.05) is 0 Å². The lowest BCUT2D eigenvalue weighted by Gasteiger charge is -2.45. The molecular formula is C15H31N3. The van der Waals surface area contributed by atoms with Crippen LogP contribution in [-0.4, -0.2) is 54.6 Å². The van der Waals surface area contributed by atoms with Crippen molar-refractivity contribution in [2.75, 3.05) is 26.7 Å². The van der Waals surface area contributed by atoms with Crippen molar-refractivity contribution in [3.8, 4) is 0 Å². The van der Waals surface area contributed by atoms with Gasteiger partial charge in [0.25, 0.3) is 0 Å². The fraction of sp³-hybridized carbons (Fsp3) is 1.00. The molecule has 0 spiro atoms. The van der Waals surface area contributed by atoms with Gasteiger partial charge >= 0.3 is 0 Å². The van der Waals surface area contributed by atoms with E-state index in [0.717, 1.165) is 12.0 Å². The first-order valence-electron chi connectivity index (χ1n) is 7.81. The topological polar surface area (TPSA) is 32.5 Å². The molecule has 3 heteroatoms. The van der Waals surface area contributed by atoms with Crippen LogP contribution in [0, 0.1) is 5.92 Å². The van der Waals surface area contributed by atoms with E-state index in [-0.39, 0.29) is 0 Å². The van der Waals surface area contributed by atoms with Gasteiger partial charge in [0, 0.05) is 18.1 Å². The Bertz CT molecular complexity index is 248. The molecule has 3 unspecified atom stereocenters. The van der Waals surface area contributed by atoms with Gasteiger partial charge in [0.2, 0.25) is 0 Å². The van der Waals surface area contributed by atoms with Crippen molar-refractivity contribution in [2.24, 2.45) is 11.7 Å². The quantitative estimate of drug-likeness (QED) is 0.834. The monoisotopic (exact) mass is 253 g/mol. The maximum absolute atomic E-state index is 6.35. The zero-order chi connectivity index (χ0) is 13.1. The summed E-state index contributed by atoms with van der Waals surface area (Å²) in [5, 5.41) is 0. The number of piperidine rings is 1. The second-order valence-electron chi connectivity index (χ2n) is 6.48. The Kier molecular flexibility index (Phi) is 5.05. The Morgan fingerprint density at radius 2 is 1.83 bits per heavy atom. The molecule has 1 saturated carbocycles. The summed E-state index contributed by atoms with van der Waals surface area (Å²) >= 11 is 0. The third-order valence-electron chi connectivity index (χ3n) is 5.23. The van der Waals surface area contributed by atoms with E-state index in [0.29, 0.717) is 12.1 Å². The van der Waals surface area contributed by atoms with Crippen LogP contribution in [0.5, 0.6) is 0 Å². The van der Waals surface area contributed by atoms with E-state index in [1.165, 1.54) is 51.7 Å². The molecule has 18 heavy (non-hydrogen) atoms. The van der Waals surface area contributed by atoms with Crippen LogP contribution in [0.1, 0.15) is 46.0 Å². The third kappa shape index (κ3) is 3.25. The number of hydrogen-bond donors (Lipinski definition) is 1. The average Bonchev–Trinajstić information content (AvgIpc) is 2.41. The molecule has 0 aromatic carbocycles. The van der Waals surface area contributed by atoms with Crippen LogP contribution in [0.25, 0.3) is 0 Å². The predicted octanol–water partition coefficient (Wildman–Crippen LogP) is 1.92. The fourth-order valence-corrected chi connectivity index (χ4v) is 3.76. The van der Waals surface area contributed by atoms with Gasteiger partial charge in [-0.2, -0.15) is 0 Å². The zero-order valence-corrected chi connectivity index (χ0v) is 12.4. The molecule has 3 atom stereocenters. The van der Waals surface area contributed by atoms with Gasteiger partial charge < -0.3 is 10.6 Å². The van der Waals surface area contributed by atoms with Crippen molar-refractivity contribution < 1.29 is 0 Å². The maximum Gasteiger partial charge on any atom is 0.0249 e. The molecular weight excluding hydrogens is 222 g/mol. The third-order valence-corrected chi connectivity index (χ3v) is 5.23. The van der Waals surface area contributed by atoms with Crippen molar-refractivity contribution >= 4 is 0 Å². The second kappa shape index (κ2) is 6.36. The van der Waals surface area contributed by atoms with Crippen LogP contribution in [0.3, 0.4) is 0 Å². The second-order valence-corrected chi connectivity index (χ2v) is 6.48. The first kappa shape index (κ1) is 14.3. The summed E-state index contributed by atoms with van der Waals surface area (Å²) in [6.07, 6.45) is 6.47. The molecule has 2 fully saturated rings. The molecule has 3 nitrogen and oxygen atoms in total. The van der Waals surface area contributed by atoms with E-state index in [9.17, 15) is 0 Å². The largest absolute Gasteiger partial charge is 0.326 e. The molecule has 0 radical (unpaired) electrons. The molecule has 0 amide bonds. The summed E-state index contributed by atoms with van der Waals surface area (Å²) in [5.74, 6) is 0.855. The number of hydrogen-bond acceptors (Lipinski definition) is 3. The smallest absolute Gasteiger partial charge is 0.0249 e. The Hall–Kier alpha value is -0.120. The van der Waals surface area contributed by atoms with Crippen molar-refractivity contribution in [2.45, 2.75) is 64.1 Å². The lowest BCUT2D eigenvalue weighted by molar-refractivity contribution is 0.0618. The maximum atomic E-state index is 6.35. The summed E-state index contributed by atoms with van der Waals surface area (Å²) in [6.45, 7) is 8.39. The minimum atomic E-state index is 0.399. The van der Waals surface area contributed by atoms with Crippen molar-refractivity contribution in [3.63, 3.8) is 0 Å². The van der Waals surface area contributed by atoms with E-state index in [4.69, 9.17) is 5.73 Å². The highest BCUT2D eigenvalue weighted by Crippen LogP contribution is 2.29. The van der Waals surface area contributed by atoms with Gasteiger partial charge in [0.15, 0.2) is 0 Å². The van der Waals surface area contributed by atoms with Crippen molar-refractivity contribution in [1.29, 1.82) is 0 Å². The summed E-state index contributed by atoms with van der Waals surface area (Å²) in [5.41, 5.74) is 6.35. The lowest BCUT2D eigenvalue weighted by Crippen LogP contribution is -2.55. The molecule has 1 saturated heterocycles. The summed E-state index contributed by atoms with van der Waals surface area (Å²) in [6, 6.07) is 1.77. The Labute approximate surface area is 113 Å². The van der Waals surface area contributed by atoms with E-state index < -0.39 is 0 Å². The van der Waals surface area contributed by atoms with Crippen LogP contribution in [-0.2, 0) is 0 Å². The Morgan fingerprint density at radius 3 is 2.44 bits per heavy atom. The molecule has 1 aliphatic heterocycles. The first-order chi connectivity index (χ1) is 8.61. The molecule has 0 bridgehead atoms. The normalized spacial score (nSPS) is 36.2. The van der Waals surface area contributed by atoms with Crippen LogP contribution in [0.2, 0.25) is 0 Å². The molecule has 1 heterocycles. The number of rotatable bonds is 3. The van der Waals surface area contributed by atoms with E-state index >= 15 is 0 Å². The molecule has 106 valence electrons. The van der Waals surface area contributed by atoms with Gasteiger partial charge in [-0.1, -0.05) is 13.8 Å². The van der Waals surface area contributed by atoms with Crippen LogP contribution in [0.15, 0.2) is 0 Å². The molecule has 2 rings (SSSR count). The van der Waals surface area contributed by atoms with Gasteiger partial charge in [-0.15, -0.1) is 0 Å². The number of nitrogens with zero attached hydrogens (tertiary/aromatic N) is 2. The lowest BCUT2D eigenvalue weighted by atomic mass is 9.82. The minimum Gasteiger partial charge on any atom is -0.326 e. The van der Waals surface area contributed by atoms with E-state index in [2.05, 4.69) is 30.7 Å². The zero-order valence-electron chi connectivity index (χ0n) is 12.4. The SMILES string of the molecule is CCN1CCC(N(C)C2CC(C)CCC2N)CC1. The molecule has 2 aliphatic rings. The summed E-state index contributed by atoms with van der Waals surface area (Å²) in [7, 11) is 2.31. The van der Waals surface area contributed by atoms with Gasteiger partial charge in [-0.3, -0.25) is 4.90 Å². The molecule has 0 aromatic heterocycles. The predicted molar refractivity (Wildman–Crippen MR) is 77.7 cm³/mol. The van der Waals surface area contributed by atoms with E-state index in [1.54, 1.807) is 0 Å². The number of likely N-dealkylation sites (N-methyl/N-ethyl adjacent to an activating group) is 1. The van der Waals surface area contributed by atoms with Gasteiger partial charge in [-0.05, 0) is 64.7 Å². The Balaban J connectivity index is 1.88. The number of likely N-dealkylation sites (tertiary alicyclic amines) is 1. The highest BCUT2D eigenvalue weighted by atomic mass is 15.2. The van der Waals surface area contributed by atoms with Gasteiger partial charge in [-0.25, -0.2) is 0 Å². The summed E-state index contributed by atoms with van der Waals surface area (Å²) in [4.78, 5) is 5.18. The van der Waals surface area contributed by atoms with Crippen LogP contribution < -0.4 is 5.73 Å². The summed E-state index contributed by atoms with van der Waals surface area (Å²) < 4.78 is 0. The van der Waals surface area contributed by atoms with Gasteiger partial charge in [0.1, 0.15) is 0 Å². The average molecular weight is 253 g/mol. The van der Waals surface area contributed by atoms with Crippen molar-refractivity contribution in [3.05, 3.63) is 0 Å². The van der Waals surface area contributed by atoms with Crippen LogP contribution >= 0.6 is 0 Å².